The molecule has 4 rings (SSSR count). The molecular formula is C23H25N3O3S. The van der Waals surface area contributed by atoms with E-state index in [0.29, 0.717) is 13.2 Å². The highest BCUT2D eigenvalue weighted by atomic mass is 32.1. The Hall–Kier alpha value is -2.90. The van der Waals surface area contributed by atoms with Crippen LogP contribution in [0.5, 0.6) is 11.5 Å². The summed E-state index contributed by atoms with van der Waals surface area (Å²) in [7, 11) is 2.03. The zero-order valence-corrected chi connectivity index (χ0v) is 17.9. The molecule has 0 bridgehead atoms. The van der Waals surface area contributed by atoms with Crippen molar-refractivity contribution in [1.82, 2.24) is 9.88 Å². The maximum absolute atomic E-state index is 12.3. The quantitative estimate of drug-likeness (QED) is 0.624. The van der Waals surface area contributed by atoms with Gasteiger partial charge in [-0.3, -0.25) is 9.69 Å². The summed E-state index contributed by atoms with van der Waals surface area (Å²) < 4.78 is 11.8. The zero-order valence-electron chi connectivity index (χ0n) is 17.1. The van der Waals surface area contributed by atoms with Gasteiger partial charge in [0.1, 0.15) is 17.7 Å². The Bertz CT molecular complexity index is 1000. The number of amides is 1. The smallest absolute Gasteiger partial charge is 0.231 e. The lowest BCUT2D eigenvalue weighted by Crippen LogP contribution is -2.39. The van der Waals surface area contributed by atoms with Gasteiger partial charge in [-0.1, -0.05) is 29.8 Å². The lowest BCUT2D eigenvalue weighted by molar-refractivity contribution is -0.115. The van der Waals surface area contributed by atoms with E-state index in [1.54, 1.807) is 0 Å². The lowest BCUT2D eigenvalue weighted by Gasteiger charge is -2.29. The van der Waals surface area contributed by atoms with Crippen LogP contribution in [-0.4, -0.2) is 42.1 Å². The molecule has 2 heterocycles. The Labute approximate surface area is 180 Å². The molecule has 0 aliphatic carbocycles. The SMILES string of the molecule is Cc1ccc(NC(=O)Cc2nc(CN(C)CC3COc4ccccc4O3)cs2)cc1. The number of hydrogen-bond acceptors (Lipinski definition) is 6. The van der Waals surface area contributed by atoms with Crippen molar-refractivity contribution >= 4 is 22.9 Å². The first-order chi connectivity index (χ1) is 14.5. The van der Waals surface area contributed by atoms with Crippen molar-refractivity contribution in [2.24, 2.45) is 0 Å². The molecule has 3 aromatic rings. The van der Waals surface area contributed by atoms with Gasteiger partial charge in [0.2, 0.25) is 5.91 Å². The molecule has 1 aromatic heterocycles. The predicted molar refractivity (Wildman–Crippen MR) is 118 cm³/mol. The minimum Gasteiger partial charge on any atom is -0.486 e. The number of para-hydroxylation sites is 2. The van der Waals surface area contributed by atoms with Gasteiger partial charge in [0, 0.05) is 24.2 Å². The Balaban J connectivity index is 1.26. The number of anilines is 1. The fourth-order valence-corrected chi connectivity index (χ4v) is 4.11. The van der Waals surface area contributed by atoms with E-state index in [2.05, 4.69) is 15.2 Å². The summed E-state index contributed by atoms with van der Waals surface area (Å²) in [6, 6.07) is 15.5. The number of benzene rings is 2. The molecule has 0 spiro atoms. The summed E-state index contributed by atoms with van der Waals surface area (Å²) in [6.45, 7) is 3.97. The second-order valence-corrected chi connectivity index (χ2v) is 8.46. The largest absolute Gasteiger partial charge is 0.486 e. The van der Waals surface area contributed by atoms with Crippen LogP contribution in [0.25, 0.3) is 0 Å². The van der Waals surface area contributed by atoms with Crippen molar-refractivity contribution in [3.05, 3.63) is 70.2 Å². The van der Waals surface area contributed by atoms with Crippen LogP contribution in [0, 0.1) is 6.92 Å². The first-order valence-electron chi connectivity index (χ1n) is 9.92. The number of hydrogen-bond donors (Lipinski definition) is 1. The minimum atomic E-state index is -0.0560. The third-order valence-electron chi connectivity index (χ3n) is 4.76. The van der Waals surface area contributed by atoms with Crippen LogP contribution in [-0.2, 0) is 17.8 Å². The molecule has 0 saturated carbocycles. The van der Waals surface area contributed by atoms with Crippen molar-refractivity contribution in [3.63, 3.8) is 0 Å². The number of carbonyl (C=O) groups is 1. The van der Waals surface area contributed by atoms with Gasteiger partial charge in [-0.25, -0.2) is 4.98 Å². The normalized spacial score (nSPS) is 15.2. The van der Waals surface area contributed by atoms with E-state index in [9.17, 15) is 4.79 Å². The highest BCUT2D eigenvalue weighted by Gasteiger charge is 2.22. The van der Waals surface area contributed by atoms with Crippen molar-refractivity contribution in [3.8, 4) is 11.5 Å². The molecule has 0 saturated heterocycles. The third-order valence-corrected chi connectivity index (χ3v) is 5.66. The molecule has 7 heteroatoms. The average Bonchev–Trinajstić information content (AvgIpc) is 3.16. The second kappa shape index (κ2) is 9.28. The Morgan fingerprint density at radius 3 is 2.77 bits per heavy atom. The first kappa shape index (κ1) is 20.4. The van der Waals surface area contributed by atoms with E-state index < -0.39 is 0 Å². The van der Waals surface area contributed by atoms with Crippen molar-refractivity contribution in [1.29, 1.82) is 0 Å². The van der Waals surface area contributed by atoms with E-state index in [0.717, 1.165) is 40.0 Å². The van der Waals surface area contributed by atoms with Crippen LogP contribution >= 0.6 is 11.3 Å². The average molecular weight is 424 g/mol. The van der Waals surface area contributed by atoms with Crippen molar-refractivity contribution in [2.75, 3.05) is 25.5 Å². The molecule has 30 heavy (non-hydrogen) atoms. The number of ether oxygens (including phenoxy) is 2. The van der Waals surface area contributed by atoms with E-state index in [-0.39, 0.29) is 18.4 Å². The zero-order chi connectivity index (χ0) is 20.9. The van der Waals surface area contributed by atoms with Crippen LogP contribution < -0.4 is 14.8 Å². The summed E-state index contributed by atoms with van der Waals surface area (Å²) >= 11 is 1.52. The van der Waals surface area contributed by atoms with Gasteiger partial charge in [0.05, 0.1) is 12.1 Å². The van der Waals surface area contributed by atoms with Crippen LogP contribution in [0.2, 0.25) is 0 Å². The van der Waals surface area contributed by atoms with Crippen LogP contribution in [0.1, 0.15) is 16.3 Å². The van der Waals surface area contributed by atoms with Gasteiger partial charge in [-0.05, 0) is 38.2 Å². The molecule has 1 aliphatic heterocycles. The Morgan fingerprint density at radius 2 is 1.97 bits per heavy atom. The molecule has 1 amide bonds. The molecule has 1 N–H and O–H groups in total. The topological polar surface area (TPSA) is 63.7 Å². The highest BCUT2D eigenvalue weighted by molar-refractivity contribution is 7.09. The van der Waals surface area contributed by atoms with Crippen LogP contribution in [0.3, 0.4) is 0 Å². The van der Waals surface area contributed by atoms with Crippen molar-refractivity contribution < 1.29 is 14.3 Å². The molecular weight excluding hydrogens is 398 g/mol. The predicted octanol–water partition coefficient (Wildman–Crippen LogP) is 3.90. The highest BCUT2D eigenvalue weighted by Crippen LogP contribution is 2.31. The molecule has 1 unspecified atom stereocenters. The number of carbonyl (C=O) groups excluding carboxylic acids is 1. The number of aryl methyl sites for hydroxylation is 1. The molecule has 1 atom stereocenters. The lowest BCUT2D eigenvalue weighted by atomic mass is 10.2. The van der Waals surface area contributed by atoms with Crippen LogP contribution in [0.15, 0.2) is 53.9 Å². The second-order valence-electron chi connectivity index (χ2n) is 7.52. The number of fused-ring (bicyclic) bond motifs is 1. The number of thiazole rings is 1. The summed E-state index contributed by atoms with van der Waals surface area (Å²) in [4.78, 5) is 19.1. The van der Waals surface area contributed by atoms with E-state index in [4.69, 9.17) is 9.47 Å². The number of rotatable bonds is 7. The number of nitrogens with zero attached hydrogens (tertiary/aromatic N) is 2. The Kier molecular flexibility index (Phi) is 6.30. The first-order valence-corrected chi connectivity index (χ1v) is 10.8. The van der Waals surface area contributed by atoms with Gasteiger partial charge >= 0.3 is 0 Å². The summed E-state index contributed by atoms with van der Waals surface area (Å²) in [6.07, 6.45) is 0.252. The number of likely N-dealkylation sites (N-methyl/N-ethyl adjacent to an activating group) is 1. The van der Waals surface area contributed by atoms with Gasteiger partial charge in [-0.15, -0.1) is 11.3 Å². The van der Waals surface area contributed by atoms with Crippen LogP contribution in [0.4, 0.5) is 5.69 Å². The maximum atomic E-state index is 12.3. The van der Waals surface area contributed by atoms with Gasteiger partial charge < -0.3 is 14.8 Å². The fourth-order valence-electron chi connectivity index (χ4n) is 3.32. The summed E-state index contributed by atoms with van der Waals surface area (Å²) in [5.41, 5.74) is 2.92. The molecule has 0 fully saturated rings. The molecule has 0 radical (unpaired) electrons. The molecule has 156 valence electrons. The van der Waals surface area contributed by atoms with Gasteiger partial charge in [0.25, 0.3) is 0 Å². The van der Waals surface area contributed by atoms with E-state index in [1.807, 2.05) is 67.9 Å². The van der Waals surface area contributed by atoms with E-state index in [1.165, 1.54) is 11.3 Å². The standard InChI is InChI=1S/C23H25N3O3S/c1-16-7-9-17(10-8-16)24-22(27)11-23-25-18(15-30-23)12-26(2)13-19-14-28-20-5-3-4-6-21(20)29-19/h3-10,15,19H,11-14H2,1-2H3,(H,24,27). The van der Waals surface area contributed by atoms with Gasteiger partial charge in [0.15, 0.2) is 11.5 Å². The minimum absolute atomic E-state index is 0.0247. The fraction of sp³-hybridized carbons (Fsp3) is 0.304. The Morgan fingerprint density at radius 1 is 1.20 bits per heavy atom. The molecule has 1 aliphatic rings. The molecule has 2 aromatic carbocycles. The molecule has 6 nitrogen and oxygen atoms in total. The van der Waals surface area contributed by atoms with E-state index >= 15 is 0 Å². The monoisotopic (exact) mass is 423 g/mol. The maximum Gasteiger partial charge on any atom is 0.231 e. The summed E-state index contributed by atoms with van der Waals surface area (Å²) in [5, 5.41) is 5.74. The van der Waals surface area contributed by atoms with Crippen molar-refractivity contribution in [2.45, 2.75) is 26.0 Å². The number of nitrogens with one attached hydrogen (secondary N) is 1. The number of aromatic nitrogens is 1. The summed E-state index contributed by atoms with van der Waals surface area (Å²) in [5.74, 6) is 1.53. The third kappa shape index (κ3) is 5.37. The van der Waals surface area contributed by atoms with Gasteiger partial charge in [-0.2, -0.15) is 0 Å².